The summed E-state index contributed by atoms with van der Waals surface area (Å²) in [6.07, 6.45) is 0. The predicted molar refractivity (Wildman–Crippen MR) is 62.6 cm³/mol. The maximum absolute atomic E-state index is 11.2. The fraction of sp³-hybridized carbons (Fsp3) is 0. The standard InChI is InChI=1S/C10H10N2O3S/c11-6-4-8-7(2-1-3-9(8)12)10(5-6)16(13,14)15/h1-5H,11-12H2,(H,13,14,15). The Bertz CT molecular complexity index is 665. The first kappa shape index (κ1) is 10.7. The number of benzene rings is 2. The van der Waals surface area contributed by atoms with Crippen molar-refractivity contribution in [2.45, 2.75) is 4.90 Å². The molecular weight excluding hydrogens is 228 g/mol. The zero-order chi connectivity index (χ0) is 11.9. The quantitative estimate of drug-likeness (QED) is 0.512. The maximum Gasteiger partial charge on any atom is 0.295 e. The Balaban J connectivity index is 3.01. The number of nitrogens with two attached hydrogens (primary N) is 2. The Hall–Kier alpha value is -1.79. The van der Waals surface area contributed by atoms with Crippen LogP contribution in [-0.2, 0) is 10.1 Å². The van der Waals surface area contributed by atoms with Crippen molar-refractivity contribution in [2.75, 3.05) is 11.5 Å². The smallest absolute Gasteiger partial charge is 0.295 e. The average Bonchev–Trinajstić information content (AvgIpc) is 2.17. The third-order valence-corrected chi connectivity index (χ3v) is 3.19. The largest absolute Gasteiger partial charge is 0.399 e. The summed E-state index contributed by atoms with van der Waals surface area (Å²) in [6.45, 7) is 0. The molecule has 0 unspecified atom stereocenters. The van der Waals surface area contributed by atoms with E-state index in [9.17, 15) is 8.42 Å². The van der Waals surface area contributed by atoms with Gasteiger partial charge < -0.3 is 11.5 Å². The summed E-state index contributed by atoms with van der Waals surface area (Å²) in [6, 6.07) is 7.59. The molecule has 0 saturated carbocycles. The van der Waals surface area contributed by atoms with Crippen molar-refractivity contribution in [3.63, 3.8) is 0 Å². The molecule has 0 radical (unpaired) electrons. The van der Waals surface area contributed by atoms with E-state index < -0.39 is 10.1 Å². The second-order valence-corrected chi connectivity index (χ2v) is 4.83. The van der Waals surface area contributed by atoms with Crippen LogP contribution in [0.15, 0.2) is 35.2 Å². The number of rotatable bonds is 1. The van der Waals surface area contributed by atoms with Crippen LogP contribution in [0.1, 0.15) is 0 Å². The lowest BCUT2D eigenvalue weighted by Gasteiger charge is -2.07. The van der Waals surface area contributed by atoms with Crippen LogP contribution in [0.3, 0.4) is 0 Å². The molecule has 0 spiro atoms. The first-order valence-corrected chi connectivity index (χ1v) is 5.89. The second kappa shape index (κ2) is 3.36. The van der Waals surface area contributed by atoms with Gasteiger partial charge in [-0.1, -0.05) is 12.1 Å². The van der Waals surface area contributed by atoms with Gasteiger partial charge in [0.25, 0.3) is 10.1 Å². The van der Waals surface area contributed by atoms with Crippen LogP contribution in [0.25, 0.3) is 10.8 Å². The third-order valence-electron chi connectivity index (χ3n) is 2.29. The van der Waals surface area contributed by atoms with Crippen LogP contribution in [0, 0.1) is 0 Å². The minimum absolute atomic E-state index is 0.227. The minimum atomic E-state index is -4.30. The van der Waals surface area contributed by atoms with Crippen molar-refractivity contribution < 1.29 is 13.0 Å². The summed E-state index contributed by atoms with van der Waals surface area (Å²) < 4.78 is 31.4. The van der Waals surface area contributed by atoms with Crippen LogP contribution in [0.5, 0.6) is 0 Å². The number of fused-ring (bicyclic) bond motifs is 1. The van der Waals surface area contributed by atoms with E-state index in [-0.39, 0.29) is 10.6 Å². The Morgan fingerprint density at radius 3 is 2.38 bits per heavy atom. The number of anilines is 2. The van der Waals surface area contributed by atoms with E-state index in [4.69, 9.17) is 16.0 Å². The molecule has 5 nitrogen and oxygen atoms in total. The molecular formula is C10H10N2O3S. The fourth-order valence-corrected chi connectivity index (χ4v) is 2.35. The second-order valence-electron chi connectivity index (χ2n) is 3.44. The fourth-order valence-electron chi connectivity index (χ4n) is 1.61. The molecule has 6 heteroatoms. The molecule has 2 aromatic carbocycles. The zero-order valence-electron chi connectivity index (χ0n) is 8.21. The van der Waals surface area contributed by atoms with Crippen molar-refractivity contribution in [3.05, 3.63) is 30.3 Å². The highest BCUT2D eigenvalue weighted by Crippen LogP contribution is 2.29. The lowest BCUT2D eigenvalue weighted by atomic mass is 10.1. The summed E-state index contributed by atoms with van der Waals surface area (Å²) in [4.78, 5) is -0.227. The highest BCUT2D eigenvalue weighted by molar-refractivity contribution is 7.86. The van der Waals surface area contributed by atoms with E-state index in [0.29, 0.717) is 16.5 Å². The van der Waals surface area contributed by atoms with Gasteiger partial charge in [0.15, 0.2) is 0 Å². The Morgan fingerprint density at radius 1 is 1.06 bits per heavy atom. The van der Waals surface area contributed by atoms with E-state index in [0.717, 1.165) is 0 Å². The Labute approximate surface area is 92.4 Å². The van der Waals surface area contributed by atoms with E-state index in [1.54, 1.807) is 24.3 Å². The van der Waals surface area contributed by atoms with Crippen LogP contribution in [-0.4, -0.2) is 13.0 Å². The summed E-state index contributed by atoms with van der Waals surface area (Å²) in [5.41, 5.74) is 11.9. The lowest BCUT2D eigenvalue weighted by molar-refractivity contribution is 0.484. The van der Waals surface area contributed by atoms with E-state index in [1.807, 2.05) is 0 Å². The predicted octanol–water partition coefficient (Wildman–Crippen LogP) is 1.25. The van der Waals surface area contributed by atoms with Crippen LogP contribution in [0.4, 0.5) is 11.4 Å². The summed E-state index contributed by atoms with van der Waals surface area (Å²) >= 11 is 0. The number of hydrogen-bond acceptors (Lipinski definition) is 4. The molecule has 2 aromatic rings. The molecule has 0 aromatic heterocycles. The highest BCUT2D eigenvalue weighted by Gasteiger charge is 2.15. The monoisotopic (exact) mass is 238 g/mol. The molecule has 2 rings (SSSR count). The molecule has 0 aliphatic heterocycles. The zero-order valence-corrected chi connectivity index (χ0v) is 9.03. The van der Waals surface area contributed by atoms with Gasteiger partial charge in [-0.3, -0.25) is 4.55 Å². The van der Waals surface area contributed by atoms with Crippen molar-refractivity contribution >= 4 is 32.3 Å². The molecule has 0 atom stereocenters. The van der Waals surface area contributed by atoms with Gasteiger partial charge in [0.1, 0.15) is 4.90 Å². The summed E-state index contributed by atoms with van der Waals surface area (Å²) in [5, 5.41) is 0.867. The molecule has 0 amide bonds. The number of nitrogen functional groups attached to an aromatic ring is 2. The molecule has 0 saturated heterocycles. The van der Waals surface area contributed by atoms with Crippen LogP contribution in [0.2, 0.25) is 0 Å². The van der Waals surface area contributed by atoms with Gasteiger partial charge in [0.2, 0.25) is 0 Å². The van der Waals surface area contributed by atoms with Gasteiger partial charge in [-0.2, -0.15) is 8.42 Å². The van der Waals surface area contributed by atoms with Crippen LogP contribution >= 0.6 is 0 Å². The molecule has 5 N–H and O–H groups in total. The first-order chi connectivity index (χ1) is 7.39. The van der Waals surface area contributed by atoms with Crippen LogP contribution < -0.4 is 11.5 Å². The van der Waals surface area contributed by atoms with E-state index in [2.05, 4.69) is 0 Å². The summed E-state index contributed by atoms with van der Waals surface area (Å²) in [7, 11) is -4.30. The molecule has 16 heavy (non-hydrogen) atoms. The third kappa shape index (κ3) is 1.68. The normalized spacial score (nSPS) is 11.8. The van der Waals surface area contributed by atoms with E-state index in [1.165, 1.54) is 6.07 Å². The SMILES string of the molecule is Nc1cc(S(=O)(=O)O)c2cccc(N)c2c1. The van der Waals surface area contributed by atoms with Gasteiger partial charge in [-0.15, -0.1) is 0 Å². The average molecular weight is 238 g/mol. The van der Waals surface area contributed by atoms with Gasteiger partial charge in [-0.05, 0) is 18.2 Å². The van der Waals surface area contributed by atoms with Crippen molar-refractivity contribution in [1.29, 1.82) is 0 Å². The molecule has 0 aliphatic rings. The molecule has 0 bridgehead atoms. The minimum Gasteiger partial charge on any atom is -0.399 e. The van der Waals surface area contributed by atoms with Crippen molar-refractivity contribution in [3.8, 4) is 0 Å². The number of hydrogen-bond donors (Lipinski definition) is 3. The van der Waals surface area contributed by atoms with E-state index >= 15 is 0 Å². The summed E-state index contributed by atoms with van der Waals surface area (Å²) in [5.74, 6) is 0. The van der Waals surface area contributed by atoms with Gasteiger partial charge in [0, 0.05) is 22.1 Å². The lowest BCUT2D eigenvalue weighted by Crippen LogP contribution is -2.01. The van der Waals surface area contributed by atoms with Crippen molar-refractivity contribution in [2.24, 2.45) is 0 Å². The highest BCUT2D eigenvalue weighted by atomic mass is 32.2. The topological polar surface area (TPSA) is 106 Å². The molecule has 84 valence electrons. The first-order valence-electron chi connectivity index (χ1n) is 4.45. The van der Waals surface area contributed by atoms with Gasteiger partial charge in [0.05, 0.1) is 0 Å². The van der Waals surface area contributed by atoms with Crippen molar-refractivity contribution in [1.82, 2.24) is 0 Å². The van der Waals surface area contributed by atoms with Gasteiger partial charge >= 0.3 is 0 Å². The molecule has 0 aliphatic carbocycles. The molecule has 0 fully saturated rings. The Kier molecular flexibility index (Phi) is 2.25. The Morgan fingerprint density at radius 2 is 1.75 bits per heavy atom. The maximum atomic E-state index is 11.2. The molecule has 0 heterocycles. The van der Waals surface area contributed by atoms with Gasteiger partial charge in [-0.25, -0.2) is 0 Å².